The Kier molecular flexibility index (Phi) is 3.04. The fraction of sp³-hybridized carbons (Fsp3) is 0.412. The Bertz CT molecular complexity index is 607. The molecule has 2 aliphatic rings. The molecule has 0 amide bonds. The third-order valence-electron chi connectivity index (χ3n) is 4.47. The molecule has 3 heterocycles. The average Bonchev–Trinajstić information content (AvgIpc) is 3.01. The first kappa shape index (κ1) is 12.4. The van der Waals surface area contributed by atoms with Gasteiger partial charge in [0.15, 0.2) is 0 Å². The molecule has 2 aromatic rings. The van der Waals surface area contributed by atoms with Crippen molar-refractivity contribution < 1.29 is 4.74 Å². The van der Waals surface area contributed by atoms with E-state index in [1.165, 1.54) is 34.5 Å². The summed E-state index contributed by atoms with van der Waals surface area (Å²) in [6.45, 7) is 3.05. The second-order valence-corrected chi connectivity index (χ2v) is 6.80. The molecule has 0 aliphatic carbocycles. The molecule has 20 heavy (non-hydrogen) atoms. The number of hydrogen-bond donors (Lipinski definition) is 1. The normalized spacial score (nSPS) is 28.4. The molecule has 1 N–H and O–H groups in total. The monoisotopic (exact) mass is 285 g/mol. The number of ether oxygens (including phenoxy) is 1. The first-order chi connectivity index (χ1) is 9.83. The molecule has 104 valence electrons. The van der Waals surface area contributed by atoms with Crippen LogP contribution < -0.4 is 5.32 Å². The number of anilines is 1. The smallest absolute Gasteiger partial charge is 0.0896 e. The first-order valence-corrected chi connectivity index (χ1v) is 8.23. The molecular formula is C17H19NOS. The Morgan fingerprint density at radius 3 is 3.10 bits per heavy atom. The second-order valence-electron chi connectivity index (χ2n) is 5.83. The van der Waals surface area contributed by atoms with Crippen LogP contribution >= 0.6 is 11.3 Å². The number of aryl methyl sites for hydroxylation is 1. The molecule has 4 rings (SSSR count). The zero-order chi connectivity index (χ0) is 13.5. The van der Waals surface area contributed by atoms with E-state index in [0.29, 0.717) is 12.0 Å². The highest BCUT2D eigenvalue weighted by Gasteiger charge is 2.40. The van der Waals surface area contributed by atoms with Crippen LogP contribution in [0.4, 0.5) is 5.69 Å². The summed E-state index contributed by atoms with van der Waals surface area (Å²) in [5, 5.41) is 5.92. The summed E-state index contributed by atoms with van der Waals surface area (Å²) in [7, 11) is 0. The third-order valence-corrected chi connectivity index (χ3v) is 5.43. The van der Waals surface area contributed by atoms with Crippen molar-refractivity contribution in [2.24, 2.45) is 5.92 Å². The van der Waals surface area contributed by atoms with Gasteiger partial charge in [-0.1, -0.05) is 23.8 Å². The molecule has 0 spiro atoms. The summed E-state index contributed by atoms with van der Waals surface area (Å²) in [6.07, 6.45) is 2.67. The maximum atomic E-state index is 6.16. The van der Waals surface area contributed by atoms with Gasteiger partial charge in [-0.15, -0.1) is 11.3 Å². The number of nitrogens with one attached hydrogen (secondary N) is 1. The Labute approximate surface area is 123 Å². The van der Waals surface area contributed by atoms with Gasteiger partial charge in [0.25, 0.3) is 0 Å². The van der Waals surface area contributed by atoms with Gasteiger partial charge < -0.3 is 10.1 Å². The van der Waals surface area contributed by atoms with Crippen LogP contribution in [0.15, 0.2) is 35.7 Å². The van der Waals surface area contributed by atoms with Gasteiger partial charge in [-0.3, -0.25) is 0 Å². The topological polar surface area (TPSA) is 21.3 Å². The molecule has 1 aromatic heterocycles. The van der Waals surface area contributed by atoms with Crippen LogP contribution in [0.25, 0.3) is 0 Å². The van der Waals surface area contributed by atoms with Gasteiger partial charge in [0.05, 0.1) is 12.1 Å². The van der Waals surface area contributed by atoms with E-state index in [1.807, 2.05) is 11.3 Å². The average molecular weight is 285 g/mol. The Balaban J connectivity index is 1.79. The van der Waals surface area contributed by atoms with Crippen LogP contribution in [0.5, 0.6) is 0 Å². The van der Waals surface area contributed by atoms with Crippen LogP contribution in [0.1, 0.15) is 41.0 Å². The molecule has 1 aromatic carbocycles. The number of benzene rings is 1. The highest BCUT2D eigenvalue weighted by atomic mass is 32.1. The van der Waals surface area contributed by atoms with E-state index in [2.05, 4.69) is 48.0 Å². The quantitative estimate of drug-likeness (QED) is 0.820. The predicted octanol–water partition coefficient (Wildman–Crippen LogP) is 4.69. The second kappa shape index (κ2) is 4.90. The SMILES string of the molecule is Cc1ccc2c(c1)[C@@H]1OCCC[C@H]1[C@H](c1cccs1)N2. The molecular weight excluding hydrogens is 266 g/mol. The van der Waals surface area contributed by atoms with Crippen LogP contribution in [0, 0.1) is 12.8 Å². The summed E-state index contributed by atoms with van der Waals surface area (Å²) in [5.41, 5.74) is 3.91. The van der Waals surface area contributed by atoms with Crippen molar-refractivity contribution in [3.63, 3.8) is 0 Å². The lowest BCUT2D eigenvalue weighted by atomic mass is 9.79. The fourth-order valence-corrected chi connectivity index (χ4v) is 4.39. The van der Waals surface area contributed by atoms with Gasteiger partial charge in [-0.05, 0) is 37.3 Å². The van der Waals surface area contributed by atoms with E-state index in [1.54, 1.807) is 0 Å². The molecule has 0 bridgehead atoms. The van der Waals surface area contributed by atoms with Crippen molar-refractivity contribution in [2.45, 2.75) is 31.9 Å². The maximum Gasteiger partial charge on any atom is 0.0896 e. The van der Waals surface area contributed by atoms with Crippen molar-refractivity contribution >= 4 is 17.0 Å². The Hall–Kier alpha value is -1.32. The van der Waals surface area contributed by atoms with E-state index >= 15 is 0 Å². The van der Waals surface area contributed by atoms with Crippen molar-refractivity contribution in [1.29, 1.82) is 0 Å². The van der Waals surface area contributed by atoms with Crippen molar-refractivity contribution in [3.05, 3.63) is 51.7 Å². The molecule has 2 aliphatic heterocycles. The van der Waals surface area contributed by atoms with E-state index in [-0.39, 0.29) is 6.10 Å². The molecule has 0 unspecified atom stereocenters. The van der Waals surface area contributed by atoms with Gasteiger partial charge in [0, 0.05) is 28.7 Å². The van der Waals surface area contributed by atoms with Crippen LogP contribution in [0.3, 0.4) is 0 Å². The Morgan fingerprint density at radius 2 is 2.25 bits per heavy atom. The minimum atomic E-state index is 0.256. The highest BCUT2D eigenvalue weighted by molar-refractivity contribution is 7.10. The van der Waals surface area contributed by atoms with Crippen molar-refractivity contribution in [3.8, 4) is 0 Å². The van der Waals surface area contributed by atoms with Gasteiger partial charge in [-0.2, -0.15) is 0 Å². The molecule has 1 fully saturated rings. The number of fused-ring (bicyclic) bond motifs is 3. The standard InChI is InChI=1S/C17H19NOS/c1-11-6-7-14-13(10-11)17-12(4-2-8-19-17)16(18-14)15-5-3-9-20-15/h3,5-7,9-10,12,16-18H,2,4,8H2,1H3/t12-,16+,17+/m0/s1. The lowest BCUT2D eigenvalue weighted by Crippen LogP contribution is -2.35. The van der Waals surface area contributed by atoms with Gasteiger partial charge in [0.1, 0.15) is 0 Å². The van der Waals surface area contributed by atoms with Gasteiger partial charge in [-0.25, -0.2) is 0 Å². The highest BCUT2D eigenvalue weighted by Crippen LogP contribution is 2.49. The minimum Gasteiger partial charge on any atom is -0.377 e. The molecule has 1 saturated heterocycles. The fourth-order valence-electron chi connectivity index (χ4n) is 3.54. The first-order valence-electron chi connectivity index (χ1n) is 7.35. The van der Waals surface area contributed by atoms with Crippen molar-refractivity contribution in [2.75, 3.05) is 11.9 Å². The van der Waals surface area contributed by atoms with E-state index < -0.39 is 0 Å². The number of hydrogen-bond acceptors (Lipinski definition) is 3. The summed E-state index contributed by atoms with van der Waals surface area (Å²) in [5.74, 6) is 0.552. The third kappa shape index (κ3) is 1.97. The summed E-state index contributed by atoms with van der Waals surface area (Å²) in [4.78, 5) is 1.43. The largest absolute Gasteiger partial charge is 0.377 e. The molecule has 2 nitrogen and oxygen atoms in total. The summed E-state index contributed by atoms with van der Waals surface area (Å²) >= 11 is 1.84. The lowest BCUT2D eigenvalue weighted by Gasteiger charge is -2.43. The van der Waals surface area contributed by atoms with E-state index in [9.17, 15) is 0 Å². The van der Waals surface area contributed by atoms with E-state index in [0.717, 1.165) is 6.61 Å². The molecule has 3 atom stereocenters. The maximum absolute atomic E-state index is 6.16. The summed E-state index contributed by atoms with van der Waals surface area (Å²) < 4.78 is 6.16. The zero-order valence-corrected chi connectivity index (χ0v) is 12.5. The van der Waals surface area contributed by atoms with Crippen LogP contribution in [0.2, 0.25) is 0 Å². The molecule has 0 radical (unpaired) electrons. The zero-order valence-electron chi connectivity index (χ0n) is 11.6. The lowest BCUT2D eigenvalue weighted by molar-refractivity contribution is -0.0378. The van der Waals surface area contributed by atoms with Crippen LogP contribution in [-0.2, 0) is 4.74 Å². The van der Waals surface area contributed by atoms with E-state index in [4.69, 9.17) is 4.74 Å². The Morgan fingerprint density at radius 1 is 1.30 bits per heavy atom. The number of rotatable bonds is 1. The predicted molar refractivity (Wildman–Crippen MR) is 83.3 cm³/mol. The van der Waals surface area contributed by atoms with Crippen LogP contribution in [-0.4, -0.2) is 6.61 Å². The minimum absolute atomic E-state index is 0.256. The van der Waals surface area contributed by atoms with Gasteiger partial charge >= 0.3 is 0 Å². The van der Waals surface area contributed by atoms with Crippen molar-refractivity contribution in [1.82, 2.24) is 0 Å². The number of thiophene rings is 1. The summed E-state index contributed by atoms with van der Waals surface area (Å²) in [6, 6.07) is 11.5. The molecule has 0 saturated carbocycles. The van der Waals surface area contributed by atoms with Gasteiger partial charge in [0.2, 0.25) is 0 Å². The molecule has 3 heteroatoms.